The molecule has 1 amide bonds. The van der Waals surface area contributed by atoms with Crippen molar-refractivity contribution in [1.29, 1.82) is 0 Å². The van der Waals surface area contributed by atoms with Crippen LogP contribution in [0.25, 0.3) is 11.0 Å². The second-order valence-electron chi connectivity index (χ2n) is 7.32. The molecule has 158 valence electrons. The number of morpholine rings is 1. The third-order valence-corrected chi connectivity index (χ3v) is 5.75. The van der Waals surface area contributed by atoms with Crippen LogP contribution in [0.4, 0.5) is 0 Å². The van der Waals surface area contributed by atoms with Gasteiger partial charge in [0.2, 0.25) is 0 Å². The molecule has 3 aromatic rings. The zero-order chi connectivity index (χ0) is 21.1. The van der Waals surface area contributed by atoms with Gasteiger partial charge in [-0.3, -0.25) is 9.69 Å². The van der Waals surface area contributed by atoms with Gasteiger partial charge >= 0.3 is 0 Å². The Hall–Kier alpha value is -2.54. The minimum absolute atomic E-state index is 0.0307. The highest BCUT2D eigenvalue weighted by atomic mass is 35.5. The Kier molecular flexibility index (Phi) is 6.27. The summed E-state index contributed by atoms with van der Waals surface area (Å²) in [4.78, 5) is 15.5. The Morgan fingerprint density at radius 2 is 1.93 bits per heavy atom. The van der Waals surface area contributed by atoms with Crippen LogP contribution >= 0.6 is 11.6 Å². The van der Waals surface area contributed by atoms with Crippen LogP contribution in [0.5, 0.6) is 5.75 Å². The highest BCUT2D eigenvalue weighted by molar-refractivity contribution is 6.30. The Morgan fingerprint density at radius 1 is 1.20 bits per heavy atom. The van der Waals surface area contributed by atoms with Crippen molar-refractivity contribution in [1.82, 2.24) is 10.2 Å². The van der Waals surface area contributed by atoms with Gasteiger partial charge in [-0.15, -0.1) is 0 Å². The van der Waals surface area contributed by atoms with Crippen molar-refractivity contribution >= 4 is 28.5 Å². The van der Waals surface area contributed by atoms with Crippen molar-refractivity contribution in [3.63, 3.8) is 0 Å². The van der Waals surface area contributed by atoms with E-state index in [1.54, 1.807) is 14.0 Å². The summed E-state index contributed by atoms with van der Waals surface area (Å²) in [5.41, 5.74) is 2.32. The maximum absolute atomic E-state index is 13.1. The van der Waals surface area contributed by atoms with Gasteiger partial charge in [0, 0.05) is 30.0 Å². The normalized spacial score (nSPS) is 15.8. The van der Waals surface area contributed by atoms with Gasteiger partial charge in [-0.05, 0) is 42.8 Å². The SMILES string of the molecule is COc1ccc2oc(C)c(C(=O)NCC(c3ccc(Cl)cc3)N3CCOCC3)c2c1. The third kappa shape index (κ3) is 4.31. The molecule has 30 heavy (non-hydrogen) atoms. The molecule has 1 saturated heterocycles. The van der Waals surface area contributed by atoms with Gasteiger partial charge in [-0.1, -0.05) is 23.7 Å². The molecule has 1 aromatic heterocycles. The molecular weight excluding hydrogens is 404 g/mol. The highest BCUT2D eigenvalue weighted by Crippen LogP contribution is 2.29. The molecule has 1 aliphatic rings. The van der Waals surface area contributed by atoms with Crippen LogP contribution in [0.3, 0.4) is 0 Å². The van der Waals surface area contributed by atoms with Crippen molar-refractivity contribution in [3.05, 3.63) is 64.4 Å². The predicted molar refractivity (Wildman–Crippen MR) is 116 cm³/mol. The zero-order valence-corrected chi connectivity index (χ0v) is 17.9. The first-order valence-corrected chi connectivity index (χ1v) is 10.4. The van der Waals surface area contributed by atoms with Crippen molar-refractivity contribution in [2.75, 3.05) is 40.0 Å². The number of carbonyl (C=O) groups excluding carboxylic acids is 1. The van der Waals surface area contributed by atoms with E-state index in [0.717, 1.165) is 24.0 Å². The molecule has 1 aliphatic heterocycles. The lowest BCUT2D eigenvalue weighted by Crippen LogP contribution is -2.43. The number of hydrogen-bond donors (Lipinski definition) is 1. The molecule has 7 heteroatoms. The Labute approximate surface area is 180 Å². The van der Waals surface area contributed by atoms with E-state index in [1.807, 2.05) is 42.5 Å². The molecular formula is C23H25ClN2O4. The van der Waals surface area contributed by atoms with Crippen molar-refractivity contribution in [2.24, 2.45) is 0 Å². The molecule has 1 fully saturated rings. The topological polar surface area (TPSA) is 63.9 Å². The van der Waals surface area contributed by atoms with Crippen molar-refractivity contribution in [3.8, 4) is 5.75 Å². The summed E-state index contributed by atoms with van der Waals surface area (Å²) in [7, 11) is 1.60. The number of benzene rings is 2. The molecule has 1 atom stereocenters. The maximum Gasteiger partial charge on any atom is 0.255 e. The number of methoxy groups -OCH3 is 1. The lowest BCUT2D eigenvalue weighted by molar-refractivity contribution is 0.0162. The maximum atomic E-state index is 13.1. The zero-order valence-electron chi connectivity index (χ0n) is 17.1. The number of nitrogens with one attached hydrogen (secondary N) is 1. The Morgan fingerprint density at radius 3 is 2.63 bits per heavy atom. The van der Waals surface area contributed by atoms with Crippen LogP contribution < -0.4 is 10.1 Å². The number of ether oxygens (including phenoxy) is 2. The fourth-order valence-electron chi connectivity index (χ4n) is 3.92. The van der Waals surface area contributed by atoms with Gasteiger partial charge in [0.1, 0.15) is 17.1 Å². The number of hydrogen-bond acceptors (Lipinski definition) is 5. The van der Waals surface area contributed by atoms with Crippen LogP contribution in [0.1, 0.15) is 27.7 Å². The Balaban J connectivity index is 1.57. The van der Waals surface area contributed by atoms with E-state index in [1.165, 1.54) is 0 Å². The van der Waals surface area contributed by atoms with Crippen LogP contribution in [0.15, 0.2) is 46.9 Å². The number of nitrogens with zero attached hydrogens (tertiary/aromatic N) is 1. The first-order chi connectivity index (χ1) is 14.6. The summed E-state index contributed by atoms with van der Waals surface area (Å²) in [5, 5.41) is 4.55. The molecule has 1 unspecified atom stereocenters. The number of furan rings is 1. The molecule has 2 heterocycles. The number of rotatable bonds is 6. The van der Waals surface area contributed by atoms with Crippen LogP contribution in [0.2, 0.25) is 5.02 Å². The van der Waals surface area contributed by atoms with Crippen LogP contribution in [0, 0.1) is 6.92 Å². The van der Waals surface area contributed by atoms with E-state index in [0.29, 0.717) is 47.4 Å². The fourth-order valence-corrected chi connectivity index (χ4v) is 4.04. The minimum atomic E-state index is -0.160. The molecule has 0 radical (unpaired) electrons. The number of aryl methyl sites for hydroxylation is 1. The molecule has 4 rings (SSSR count). The molecule has 0 spiro atoms. The molecule has 1 N–H and O–H groups in total. The smallest absolute Gasteiger partial charge is 0.255 e. The van der Waals surface area contributed by atoms with Gasteiger partial charge < -0.3 is 19.2 Å². The lowest BCUT2D eigenvalue weighted by atomic mass is 10.0. The summed E-state index contributed by atoms with van der Waals surface area (Å²) in [6.07, 6.45) is 0. The lowest BCUT2D eigenvalue weighted by Gasteiger charge is -2.35. The highest BCUT2D eigenvalue weighted by Gasteiger charge is 2.25. The van der Waals surface area contributed by atoms with Gasteiger partial charge in [-0.25, -0.2) is 0 Å². The first kappa shape index (κ1) is 20.7. The number of fused-ring (bicyclic) bond motifs is 1. The predicted octanol–water partition coefficient (Wildman–Crippen LogP) is 4.21. The number of halogens is 1. The van der Waals surface area contributed by atoms with E-state index < -0.39 is 0 Å². The second kappa shape index (κ2) is 9.08. The average Bonchev–Trinajstić information content (AvgIpc) is 3.10. The second-order valence-corrected chi connectivity index (χ2v) is 7.76. The number of carbonyl (C=O) groups is 1. The first-order valence-electron chi connectivity index (χ1n) is 9.99. The quantitative estimate of drug-likeness (QED) is 0.637. The minimum Gasteiger partial charge on any atom is -0.497 e. The van der Waals surface area contributed by atoms with Crippen molar-refractivity contribution in [2.45, 2.75) is 13.0 Å². The molecule has 0 bridgehead atoms. The third-order valence-electron chi connectivity index (χ3n) is 5.50. The molecule has 2 aromatic carbocycles. The van der Waals surface area contributed by atoms with E-state index in [9.17, 15) is 4.79 Å². The summed E-state index contributed by atoms with van der Waals surface area (Å²) in [6.45, 7) is 5.27. The van der Waals surface area contributed by atoms with E-state index in [2.05, 4.69) is 10.2 Å². The molecule has 6 nitrogen and oxygen atoms in total. The average molecular weight is 429 g/mol. The van der Waals surface area contributed by atoms with Crippen molar-refractivity contribution < 1.29 is 18.7 Å². The summed E-state index contributed by atoms with van der Waals surface area (Å²) < 4.78 is 16.6. The summed E-state index contributed by atoms with van der Waals surface area (Å²) in [5.74, 6) is 1.11. The van der Waals surface area contributed by atoms with Gasteiger partial charge in [0.05, 0.1) is 31.9 Å². The summed E-state index contributed by atoms with van der Waals surface area (Å²) >= 11 is 6.07. The van der Waals surface area contributed by atoms with Gasteiger partial charge in [0.25, 0.3) is 5.91 Å². The van der Waals surface area contributed by atoms with E-state index >= 15 is 0 Å². The molecule has 0 saturated carbocycles. The van der Waals surface area contributed by atoms with E-state index in [4.69, 9.17) is 25.5 Å². The largest absolute Gasteiger partial charge is 0.497 e. The van der Waals surface area contributed by atoms with Gasteiger partial charge in [0.15, 0.2) is 0 Å². The van der Waals surface area contributed by atoms with Crippen LogP contribution in [-0.4, -0.2) is 50.8 Å². The van der Waals surface area contributed by atoms with Crippen LogP contribution in [-0.2, 0) is 4.74 Å². The fraction of sp³-hybridized carbons (Fsp3) is 0.348. The molecule has 0 aliphatic carbocycles. The Bertz CT molecular complexity index is 1030. The standard InChI is InChI=1S/C23H25ClN2O4/c1-15-22(19-13-18(28-2)7-8-21(19)30-15)23(27)25-14-20(26-9-11-29-12-10-26)16-3-5-17(24)6-4-16/h3-8,13,20H,9-12,14H2,1-2H3,(H,25,27). The monoisotopic (exact) mass is 428 g/mol. The summed E-state index contributed by atoms with van der Waals surface area (Å²) in [6, 6.07) is 13.3. The van der Waals surface area contributed by atoms with Gasteiger partial charge in [-0.2, -0.15) is 0 Å². The van der Waals surface area contributed by atoms with E-state index in [-0.39, 0.29) is 11.9 Å². The number of amides is 1.